The maximum absolute atomic E-state index is 12.1. The molecule has 0 aromatic carbocycles. The van der Waals surface area contributed by atoms with Crippen LogP contribution in [0.3, 0.4) is 0 Å². The van der Waals surface area contributed by atoms with Gasteiger partial charge in [0.2, 0.25) is 0 Å². The summed E-state index contributed by atoms with van der Waals surface area (Å²) in [7, 11) is 1.71. The topological polar surface area (TPSA) is 68.7 Å². The molecule has 1 aliphatic heterocycles. The Morgan fingerprint density at radius 3 is 2.77 bits per heavy atom. The van der Waals surface area contributed by atoms with Gasteiger partial charge in [-0.25, -0.2) is 9.78 Å². The Morgan fingerprint density at radius 2 is 2.18 bits per heavy atom. The number of anilines is 1. The Balaban J connectivity index is 1.83. The highest BCUT2D eigenvalue weighted by molar-refractivity contribution is 5.74. The molecule has 2 amide bonds. The molecule has 1 aromatic heterocycles. The zero-order valence-electron chi connectivity index (χ0n) is 13.6. The van der Waals surface area contributed by atoms with E-state index in [9.17, 15) is 4.79 Å². The zero-order valence-corrected chi connectivity index (χ0v) is 13.6. The summed E-state index contributed by atoms with van der Waals surface area (Å²) in [5.41, 5.74) is 1.02. The van der Waals surface area contributed by atoms with E-state index >= 15 is 0 Å². The number of piperidine rings is 1. The van der Waals surface area contributed by atoms with E-state index in [1.54, 1.807) is 11.9 Å². The van der Waals surface area contributed by atoms with Crippen molar-refractivity contribution >= 4 is 11.8 Å². The van der Waals surface area contributed by atoms with Crippen LogP contribution < -0.4 is 10.2 Å². The average Bonchev–Trinajstić information content (AvgIpc) is 2.54. The number of nitrogens with one attached hydrogen (secondary N) is 1. The van der Waals surface area contributed by atoms with E-state index in [2.05, 4.69) is 15.2 Å². The van der Waals surface area contributed by atoms with E-state index < -0.39 is 0 Å². The van der Waals surface area contributed by atoms with Gasteiger partial charge in [-0.3, -0.25) is 0 Å². The standard InChI is InChI=1S/C16H26N4O2/c1-12-5-4-6-15(17-12)20-9-7-14(8-10-20)18-16(22)19(3)13(2)11-21/h4-6,13-14,21H,7-11H2,1-3H3,(H,18,22). The summed E-state index contributed by atoms with van der Waals surface area (Å²) in [5, 5.41) is 12.2. The third-order valence-corrected chi connectivity index (χ3v) is 4.27. The number of rotatable bonds is 4. The van der Waals surface area contributed by atoms with Crippen LogP contribution in [0, 0.1) is 6.92 Å². The van der Waals surface area contributed by atoms with E-state index in [1.165, 1.54) is 0 Å². The molecule has 0 radical (unpaired) electrons. The third kappa shape index (κ3) is 4.10. The van der Waals surface area contributed by atoms with Gasteiger partial charge in [0.15, 0.2) is 0 Å². The molecule has 0 aliphatic carbocycles. The van der Waals surface area contributed by atoms with Crippen LogP contribution in [0.25, 0.3) is 0 Å². The predicted octanol–water partition coefficient (Wildman–Crippen LogP) is 1.38. The molecule has 22 heavy (non-hydrogen) atoms. The summed E-state index contributed by atoms with van der Waals surface area (Å²) in [6, 6.07) is 5.95. The van der Waals surface area contributed by atoms with Gasteiger partial charge in [0.25, 0.3) is 0 Å². The monoisotopic (exact) mass is 306 g/mol. The molecule has 6 heteroatoms. The molecule has 0 bridgehead atoms. The Bertz CT molecular complexity index is 501. The fourth-order valence-electron chi connectivity index (χ4n) is 2.56. The summed E-state index contributed by atoms with van der Waals surface area (Å²) in [6.45, 7) is 5.57. The molecule has 122 valence electrons. The predicted molar refractivity (Wildman–Crippen MR) is 87.1 cm³/mol. The molecule has 2 rings (SSSR count). The lowest BCUT2D eigenvalue weighted by Gasteiger charge is -2.34. The molecule has 1 unspecified atom stereocenters. The zero-order chi connectivity index (χ0) is 16.1. The maximum Gasteiger partial charge on any atom is 0.317 e. The van der Waals surface area contributed by atoms with Crippen LogP contribution in [-0.4, -0.2) is 59.8 Å². The van der Waals surface area contributed by atoms with Gasteiger partial charge in [-0.15, -0.1) is 0 Å². The van der Waals surface area contributed by atoms with Gasteiger partial charge in [-0.1, -0.05) is 6.07 Å². The number of likely N-dealkylation sites (N-methyl/N-ethyl adjacent to an activating group) is 1. The minimum atomic E-state index is -0.170. The van der Waals surface area contributed by atoms with Crippen LogP contribution in [0.4, 0.5) is 10.6 Å². The number of urea groups is 1. The van der Waals surface area contributed by atoms with Crippen molar-refractivity contribution in [1.82, 2.24) is 15.2 Å². The van der Waals surface area contributed by atoms with Crippen molar-refractivity contribution in [2.24, 2.45) is 0 Å². The first-order valence-electron chi connectivity index (χ1n) is 7.84. The number of amides is 2. The Morgan fingerprint density at radius 1 is 1.50 bits per heavy atom. The number of pyridine rings is 1. The molecule has 1 atom stereocenters. The second-order valence-electron chi connectivity index (χ2n) is 5.99. The van der Waals surface area contributed by atoms with Crippen molar-refractivity contribution in [2.45, 2.75) is 38.8 Å². The summed E-state index contributed by atoms with van der Waals surface area (Å²) >= 11 is 0. The lowest BCUT2D eigenvalue weighted by molar-refractivity contribution is 0.153. The number of aromatic nitrogens is 1. The molecule has 0 spiro atoms. The van der Waals surface area contributed by atoms with Crippen molar-refractivity contribution in [1.29, 1.82) is 0 Å². The lowest BCUT2D eigenvalue weighted by Crippen LogP contribution is -2.50. The first-order chi connectivity index (χ1) is 10.5. The smallest absolute Gasteiger partial charge is 0.317 e. The number of aryl methyl sites for hydroxylation is 1. The second kappa shape index (κ2) is 7.45. The number of carbonyl (C=O) groups is 1. The summed E-state index contributed by atoms with van der Waals surface area (Å²) in [5.74, 6) is 1.01. The summed E-state index contributed by atoms with van der Waals surface area (Å²) in [4.78, 5) is 20.4. The fourth-order valence-corrected chi connectivity index (χ4v) is 2.56. The summed E-state index contributed by atoms with van der Waals surface area (Å²) < 4.78 is 0. The van der Waals surface area contributed by atoms with Crippen LogP contribution in [0.1, 0.15) is 25.5 Å². The highest BCUT2D eigenvalue weighted by Gasteiger charge is 2.23. The largest absolute Gasteiger partial charge is 0.394 e. The van der Waals surface area contributed by atoms with Gasteiger partial charge in [0.1, 0.15) is 5.82 Å². The molecule has 6 nitrogen and oxygen atoms in total. The number of hydrogen-bond acceptors (Lipinski definition) is 4. The Labute approximate surface area is 132 Å². The highest BCUT2D eigenvalue weighted by Crippen LogP contribution is 2.18. The number of nitrogens with zero attached hydrogens (tertiary/aromatic N) is 3. The van der Waals surface area contributed by atoms with E-state index in [-0.39, 0.29) is 24.7 Å². The van der Waals surface area contributed by atoms with E-state index in [1.807, 2.05) is 32.0 Å². The van der Waals surface area contributed by atoms with Crippen molar-refractivity contribution in [2.75, 3.05) is 31.6 Å². The van der Waals surface area contributed by atoms with Crippen LogP contribution in [0.2, 0.25) is 0 Å². The third-order valence-electron chi connectivity index (χ3n) is 4.27. The van der Waals surface area contributed by atoms with Gasteiger partial charge in [0.05, 0.1) is 12.6 Å². The number of hydrogen-bond donors (Lipinski definition) is 2. The first kappa shape index (κ1) is 16.5. The molecular weight excluding hydrogens is 280 g/mol. The van der Waals surface area contributed by atoms with Crippen molar-refractivity contribution in [3.63, 3.8) is 0 Å². The second-order valence-corrected chi connectivity index (χ2v) is 5.99. The highest BCUT2D eigenvalue weighted by atomic mass is 16.3. The molecule has 1 fully saturated rings. The van der Waals surface area contributed by atoms with Crippen LogP contribution in [-0.2, 0) is 0 Å². The van der Waals surface area contributed by atoms with E-state index in [0.29, 0.717) is 0 Å². The lowest BCUT2D eigenvalue weighted by atomic mass is 10.1. The SMILES string of the molecule is Cc1cccc(N2CCC(NC(=O)N(C)C(C)CO)CC2)n1. The van der Waals surface area contributed by atoms with E-state index in [0.717, 1.165) is 37.4 Å². The molecule has 2 heterocycles. The number of aliphatic hydroxyl groups is 1. The maximum atomic E-state index is 12.1. The van der Waals surface area contributed by atoms with Crippen molar-refractivity contribution in [3.05, 3.63) is 23.9 Å². The Kier molecular flexibility index (Phi) is 5.60. The summed E-state index contributed by atoms with van der Waals surface area (Å²) in [6.07, 6.45) is 1.81. The van der Waals surface area contributed by atoms with Gasteiger partial charge < -0.3 is 20.2 Å². The van der Waals surface area contributed by atoms with Crippen molar-refractivity contribution in [3.8, 4) is 0 Å². The molecule has 2 N–H and O–H groups in total. The van der Waals surface area contributed by atoms with Gasteiger partial charge in [-0.2, -0.15) is 0 Å². The van der Waals surface area contributed by atoms with Crippen LogP contribution in [0.5, 0.6) is 0 Å². The molecular formula is C16H26N4O2. The molecule has 1 saturated heterocycles. The van der Waals surface area contributed by atoms with Gasteiger partial charge >= 0.3 is 6.03 Å². The minimum absolute atomic E-state index is 0.0264. The molecule has 1 aromatic rings. The van der Waals surface area contributed by atoms with Gasteiger partial charge in [-0.05, 0) is 38.8 Å². The Hall–Kier alpha value is -1.82. The van der Waals surface area contributed by atoms with E-state index in [4.69, 9.17) is 5.11 Å². The quantitative estimate of drug-likeness (QED) is 0.882. The molecule has 0 saturated carbocycles. The van der Waals surface area contributed by atoms with Crippen LogP contribution in [0.15, 0.2) is 18.2 Å². The first-order valence-corrected chi connectivity index (χ1v) is 7.84. The average molecular weight is 306 g/mol. The number of aliphatic hydroxyl groups excluding tert-OH is 1. The van der Waals surface area contributed by atoms with Gasteiger partial charge in [0, 0.05) is 31.9 Å². The van der Waals surface area contributed by atoms with Crippen molar-refractivity contribution < 1.29 is 9.90 Å². The normalized spacial score (nSPS) is 17.2. The fraction of sp³-hybridized carbons (Fsp3) is 0.625. The molecule has 1 aliphatic rings. The minimum Gasteiger partial charge on any atom is -0.394 e. The number of carbonyl (C=O) groups excluding carboxylic acids is 1. The van der Waals surface area contributed by atoms with Crippen LogP contribution >= 0.6 is 0 Å².